The van der Waals surface area contributed by atoms with Gasteiger partial charge in [0.15, 0.2) is 0 Å². The molecule has 11 nitrogen and oxygen atoms in total. The Hall–Kier alpha value is -4.15. The molecule has 0 aliphatic carbocycles. The van der Waals surface area contributed by atoms with E-state index in [4.69, 9.17) is 10.8 Å². The zero-order valence-corrected chi connectivity index (χ0v) is 16.3. The minimum Gasteiger partial charge on any atom is -0.481 e. The first-order valence-electron chi connectivity index (χ1n) is 9.44. The van der Waals surface area contributed by atoms with Gasteiger partial charge in [0.2, 0.25) is 5.95 Å². The Morgan fingerprint density at radius 3 is 2.68 bits per heavy atom. The lowest BCUT2D eigenvalue weighted by Gasteiger charge is -2.14. The summed E-state index contributed by atoms with van der Waals surface area (Å²) in [5.41, 5.74) is 7.40. The van der Waals surface area contributed by atoms with Crippen LogP contribution in [0.5, 0.6) is 0 Å². The summed E-state index contributed by atoms with van der Waals surface area (Å²) in [5.74, 6) is -3.03. The van der Waals surface area contributed by atoms with E-state index in [2.05, 4.69) is 20.3 Å². The first kappa shape index (κ1) is 21.6. The highest BCUT2D eigenvalue weighted by Crippen LogP contribution is 2.16. The van der Waals surface area contributed by atoms with E-state index in [-0.39, 0.29) is 29.9 Å². The largest absolute Gasteiger partial charge is 0.481 e. The van der Waals surface area contributed by atoms with E-state index in [0.717, 1.165) is 11.1 Å². The van der Waals surface area contributed by atoms with Crippen molar-refractivity contribution >= 4 is 34.8 Å². The Morgan fingerprint density at radius 1 is 1.19 bits per heavy atom. The minimum atomic E-state index is -1.30. The molecule has 1 atom stereocenters. The van der Waals surface area contributed by atoms with Crippen LogP contribution in [-0.2, 0) is 22.4 Å². The number of carbonyl (C=O) groups excluding carboxylic acids is 1. The molecular weight excluding hydrogens is 406 g/mol. The van der Waals surface area contributed by atoms with Gasteiger partial charge in [-0.05, 0) is 42.5 Å². The van der Waals surface area contributed by atoms with Crippen molar-refractivity contribution in [3.05, 3.63) is 57.5 Å². The van der Waals surface area contributed by atoms with Crippen LogP contribution in [0.4, 0.5) is 5.95 Å². The molecule has 11 heteroatoms. The van der Waals surface area contributed by atoms with Gasteiger partial charge in [0, 0.05) is 18.2 Å². The molecule has 0 fully saturated rings. The van der Waals surface area contributed by atoms with E-state index in [1.54, 1.807) is 18.3 Å². The topological polar surface area (TPSA) is 191 Å². The lowest BCUT2D eigenvalue weighted by atomic mass is 10.0. The zero-order chi connectivity index (χ0) is 22.5. The number of aryl methyl sites for hydroxylation is 2. The van der Waals surface area contributed by atoms with Gasteiger partial charge in [-0.3, -0.25) is 19.4 Å². The third-order valence-corrected chi connectivity index (χ3v) is 4.76. The zero-order valence-electron chi connectivity index (χ0n) is 16.3. The molecule has 0 spiro atoms. The molecule has 0 aliphatic rings. The Kier molecular flexibility index (Phi) is 6.34. The number of carbonyl (C=O) groups is 3. The summed E-state index contributed by atoms with van der Waals surface area (Å²) >= 11 is 0. The average molecular weight is 427 g/mol. The Balaban J connectivity index is 1.70. The number of fused-ring (bicyclic) bond motifs is 1. The van der Waals surface area contributed by atoms with Crippen molar-refractivity contribution in [2.24, 2.45) is 0 Å². The monoisotopic (exact) mass is 427 g/mol. The number of aromatic nitrogens is 3. The fraction of sp³-hybridized carbons (Fsp3) is 0.250. The van der Waals surface area contributed by atoms with Crippen molar-refractivity contribution in [3.63, 3.8) is 0 Å². The lowest BCUT2D eigenvalue weighted by molar-refractivity contribution is -0.140. The molecule has 31 heavy (non-hydrogen) atoms. The summed E-state index contributed by atoms with van der Waals surface area (Å²) < 4.78 is 0. The lowest BCUT2D eigenvalue weighted by Crippen LogP contribution is -2.41. The first-order valence-corrected chi connectivity index (χ1v) is 9.44. The maximum atomic E-state index is 12.4. The molecule has 3 aromatic rings. The van der Waals surface area contributed by atoms with Gasteiger partial charge < -0.3 is 26.2 Å². The van der Waals surface area contributed by atoms with Gasteiger partial charge in [-0.25, -0.2) is 4.79 Å². The number of H-pyrrole nitrogens is 2. The number of carboxylic acid groups (broad SMARTS) is 2. The number of nitrogen functional groups attached to an aromatic ring is 1. The highest BCUT2D eigenvalue weighted by molar-refractivity contribution is 5.96. The minimum absolute atomic E-state index is 0.0210. The number of nitrogens with one attached hydrogen (secondary N) is 3. The van der Waals surface area contributed by atoms with Crippen LogP contribution in [0.25, 0.3) is 11.0 Å². The number of hydrogen-bond acceptors (Lipinski definition) is 6. The summed E-state index contributed by atoms with van der Waals surface area (Å²) in [6, 6.07) is 5.34. The molecule has 162 valence electrons. The van der Waals surface area contributed by atoms with Crippen molar-refractivity contribution in [2.45, 2.75) is 31.7 Å². The molecule has 2 heterocycles. The quantitative estimate of drug-likeness (QED) is 0.287. The van der Waals surface area contributed by atoms with Crippen molar-refractivity contribution in [1.82, 2.24) is 20.3 Å². The fourth-order valence-corrected chi connectivity index (χ4v) is 3.23. The number of benzene rings is 1. The summed E-state index contributed by atoms with van der Waals surface area (Å²) in [6.45, 7) is 0. The first-order chi connectivity index (χ1) is 14.7. The van der Waals surface area contributed by atoms with Gasteiger partial charge in [0.1, 0.15) is 11.7 Å². The molecular formula is C20H21N5O6. The number of rotatable bonds is 9. The molecule has 0 radical (unpaired) electrons. The second-order valence-corrected chi connectivity index (χ2v) is 6.99. The van der Waals surface area contributed by atoms with Gasteiger partial charge in [-0.1, -0.05) is 12.1 Å². The number of aliphatic carboxylic acids is 2. The normalized spacial score (nSPS) is 11.9. The molecule has 3 rings (SSSR count). The Morgan fingerprint density at radius 2 is 1.97 bits per heavy atom. The molecule has 0 saturated carbocycles. The number of hydrogen-bond donors (Lipinski definition) is 6. The van der Waals surface area contributed by atoms with Crippen molar-refractivity contribution in [1.29, 1.82) is 0 Å². The molecule has 1 unspecified atom stereocenters. The standard InChI is InChI=1S/C20H21N5O6/c21-20-24-16-15(18(29)25-20)12(9-22-16)5-4-10-2-1-3-11(8-10)17(28)23-13(19(30)31)6-7-14(26)27/h1-3,8-9,13H,4-7H2,(H,23,28)(H,26,27)(H,30,31)(H4,21,22,24,25,29). The number of amides is 1. The van der Waals surface area contributed by atoms with Crippen molar-refractivity contribution in [2.75, 3.05) is 5.73 Å². The molecule has 0 saturated heterocycles. The van der Waals surface area contributed by atoms with Crippen molar-refractivity contribution < 1.29 is 24.6 Å². The molecule has 1 aromatic carbocycles. The maximum Gasteiger partial charge on any atom is 0.326 e. The predicted molar refractivity (Wildman–Crippen MR) is 111 cm³/mol. The second kappa shape index (κ2) is 9.11. The molecule has 7 N–H and O–H groups in total. The molecule has 0 aliphatic heterocycles. The maximum absolute atomic E-state index is 12.4. The van der Waals surface area contributed by atoms with Crippen LogP contribution in [-0.4, -0.2) is 49.1 Å². The van der Waals surface area contributed by atoms with E-state index in [9.17, 15) is 24.3 Å². The van der Waals surface area contributed by atoms with E-state index in [0.29, 0.717) is 23.9 Å². The van der Waals surface area contributed by atoms with Crippen LogP contribution in [0.1, 0.15) is 34.3 Å². The van der Waals surface area contributed by atoms with Gasteiger partial charge in [0.25, 0.3) is 11.5 Å². The van der Waals surface area contributed by atoms with E-state index in [1.807, 2.05) is 6.07 Å². The third kappa shape index (κ3) is 5.26. The van der Waals surface area contributed by atoms with Crippen LogP contribution in [0.3, 0.4) is 0 Å². The number of nitrogens with zero attached hydrogens (tertiary/aromatic N) is 1. The van der Waals surface area contributed by atoms with E-state index >= 15 is 0 Å². The molecule has 0 bridgehead atoms. The Labute approximate surface area is 175 Å². The van der Waals surface area contributed by atoms with E-state index < -0.39 is 23.9 Å². The van der Waals surface area contributed by atoms with Gasteiger partial charge in [0.05, 0.1) is 5.39 Å². The fourth-order valence-electron chi connectivity index (χ4n) is 3.23. The SMILES string of the molecule is Nc1nc2[nH]cc(CCc3cccc(C(=O)NC(CCC(=O)O)C(=O)O)c3)c2c(=O)[nH]1. The molecule has 1 amide bonds. The average Bonchev–Trinajstić information content (AvgIpc) is 3.12. The summed E-state index contributed by atoms with van der Waals surface area (Å²) in [7, 11) is 0. The number of nitrogens with two attached hydrogens (primary N) is 1. The Bertz CT molecular complexity index is 1200. The van der Waals surface area contributed by atoms with Crippen LogP contribution in [0.2, 0.25) is 0 Å². The summed E-state index contributed by atoms with van der Waals surface area (Å²) in [6.07, 6.45) is 2.10. The molecule has 2 aromatic heterocycles. The highest BCUT2D eigenvalue weighted by atomic mass is 16.4. The number of anilines is 1. The van der Waals surface area contributed by atoms with Gasteiger partial charge in [-0.2, -0.15) is 4.98 Å². The van der Waals surface area contributed by atoms with Gasteiger partial charge in [-0.15, -0.1) is 0 Å². The van der Waals surface area contributed by atoms with Crippen LogP contribution >= 0.6 is 0 Å². The van der Waals surface area contributed by atoms with Crippen LogP contribution < -0.4 is 16.6 Å². The highest BCUT2D eigenvalue weighted by Gasteiger charge is 2.21. The van der Waals surface area contributed by atoms with E-state index in [1.165, 1.54) is 6.07 Å². The van der Waals surface area contributed by atoms with Crippen molar-refractivity contribution in [3.8, 4) is 0 Å². The van der Waals surface area contributed by atoms with Crippen LogP contribution in [0.15, 0.2) is 35.3 Å². The van der Waals surface area contributed by atoms with Gasteiger partial charge >= 0.3 is 11.9 Å². The summed E-state index contributed by atoms with van der Waals surface area (Å²) in [4.78, 5) is 56.0. The number of carboxylic acids is 2. The smallest absolute Gasteiger partial charge is 0.326 e. The summed E-state index contributed by atoms with van der Waals surface area (Å²) in [5, 5.41) is 20.7. The predicted octanol–water partition coefficient (Wildman–Crippen LogP) is 0.666. The third-order valence-electron chi connectivity index (χ3n) is 4.76. The van der Waals surface area contributed by atoms with Crippen LogP contribution in [0, 0.1) is 0 Å². The number of aromatic amines is 2. The second-order valence-electron chi connectivity index (χ2n) is 6.99.